The third kappa shape index (κ3) is 2.09. The van der Waals surface area contributed by atoms with Gasteiger partial charge in [0.2, 0.25) is 5.91 Å². The summed E-state index contributed by atoms with van der Waals surface area (Å²) in [5, 5.41) is 1.93. The standard InChI is InChI=1S/C17H17NO2/c1-12-6-5-11-18(16(12)19)17(20)15-10-4-8-13-7-2-3-9-14(13)15/h2-4,7-10,12H,5-6,11H2,1H3. The van der Waals surface area contributed by atoms with Crippen LogP contribution in [0.15, 0.2) is 42.5 Å². The second kappa shape index (κ2) is 5.08. The highest BCUT2D eigenvalue weighted by atomic mass is 16.2. The fourth-order valence-corrected chi connectivity index (χ4v) is 2.81. The maximum absolute atomic E-state index is 12.7. The minimum atomic E-state index is -0.168. The van der Waals surface area contributed by atoms with E-state index in [9.17, 15) is 9.59 Å². The van der Waals surface area contributed by atoms with Crippen molar-refractivity contribution in [1.82, 2.24) is 4.90 Å². The van der Waals surface area contributed by atoms with E-state index in [4.69, 9.17) is 0 Å². The number of likely N-dealkylation sites (tertiary alicyclic amines) is 1. The van der Waals surface area contributed by atoms with E-state index in [1.165, 1.54) is 4.90 Å². The first-order valence-electron chi connectivity index (χ1n) is 7.02. The number of imide groups is 1. The Morgan fingerprint density at radius 2 is 1.90 bits per heavy atom. The van der Waals surface area contributed by atoms with E-state index < -0.39 is 0 Å². The molecule has 1 aliphatic rings. The lowest BCUT2D eigenvalue weighted by Gasteiger charge is -2.29. The number of carbonyl (C=O) groups is 2. The van der Waals surface area contributed by atoms with Gasteiger partial charge in [0, 0.05) is 18.0 Å². The Morgan fingerprint density at radius 3 is 2.75 bits per heavy atom. The van der Waals surface area contributed by atoms with Crippen molar-refractivity contribution in [3.63, 3.8) is 0 Å². The summed E-state index contributed by atoms with van der Waals surface area (Å²) in [7, 11) is 0. The van der Waals surface area contributed by atoms with E-state index >= 15 is 0 Å². The van der Waals surface area contributed by atoms with Crippen LogP contribution in [0.2, 0.25) is 0 Å². The number of benzene rings is 2. The predicted octanol–water partition coefficient (Wildman–Crippen LogP) is 3.24. The number of hydrogen-bond donors (Lipinski definition) is 0. The van der Waals surface area contributed by atoms with Gasteiger partial charge in [-0.3, -0.25) is 14.5 Å². The first-order valence-corrected chi connectivity index (χ1v) is 7.02. The van der Waals surface area contributed by atoms with Crippen LogP contribution in [0.5, 0.6) is 0 Å². The molecule has 2 aromatic carbocycles. The van der Waals surface area contributed by atoms with Gasteiger partial charge in [-0.1, -0.05) is 43.3 Å². The number of nitrogens with zero attached hydrogens (tertiary/aromatic N) is 1. The molecule has 20 heavy (non-hydrogen) atoms. The number of piperidine rings is 1. The van der Waals surface area contributed by atoms with Gasteiger partial charge in [-0.05, 0) is 29.7 Å². The minimum absolute atomic E-state index is 0.0471. The van der Waals surface area contributed by atoms with Crippen LogP contribution in [0.1, 0.15) is 30.1 Å². The fraction of sp³-hybridized carbons (Fsp3) is 0.294. The van der Waals surface area contributed by atoms with E-state index in [-0.39, 0.29) is 17.7 Å². The maximum atomic E-state index is 12.7. The van der Waals surface area contributed by atoms with E-state index in [0.717, 1.165) is 23.6 Å². The Bertz CT molecular complexity index is 672. The normalized spacial score (nSPS) is 19.4. The van der Waals surface area contributed by atoms with Crippen LogP contribution >= 0.6 is 0 Å². The van der Waals surface area contributed by atoms with Crippen LogP contribution in [0, 0.1) is 5.92 Å². The summed E-state index contributed by atoms with van der Waals surface area (Å²) >= 11 is 0. The van der Waals surface area contributed by atoms with Gasteiger partial charge < -0.3 is 0 Å². The average molecular weight is 267 g/mol. The Hall–Kier alpha value is -2.16. The Morgan fingerprint density at radius 1 is 1.15 bits per heavy atom. The van der Waals surface area contributed by atoms with E-state index in [1.54, 1.807) is 6.07 Å². The van der Waals surface area contributed by atoms with Crippen molar-refractivity contribution >= 4 is 22.6 Å². The van der Waals surface area contributed by atoms with Crippen molar-refractivity contribution in [2.75, 3.05) is 6.54 Å². The molecule has 1 atom stereocenters. The molecule has 0 bridgehead atoms. The van der Waals surface area contributed by atoms with Crippen molar-refractivity contribution in [1.29, 1.82) is 0 Å². The molecular weight excluding hydrogens is 250 g/mol. The summed E-state index contributed by atoms with van der Waals surface area (Å²) in [5.41, 5.74) is 0.616. The SMILES string of the molecule is CC1CCCN(C(=O)c2cccc3ccccc23)C1=O. The van der Waals surface area contributed by atoms with Gasteiger partial charge >= 0.3 is 0 Å². The van der Waals surface area contributed by atoms with Crippen LogP contribution in [0.4, 0.5) is 0 Å². The van der Waals surface area contributed by atoms with Gasteiger partial charge in [0.15, 0.2) is 0 Å². The van der Waals surface area contributed by atoms with Gasteiger partial charge in [0.25, 0.3) is 5.91 Å². The third-order valence-corrected chi connectivity index (χ3v) is 3.97. The van der Waals surface area contributed by atoms with Crippen molar-refractivity contribution in [2.45, 2.75) is 19.8 Å². The lowest BCUT2D eigenvalue weighted by molar-refractivity contribution is -0.134. The van der Waals surface area contributed by atoms with Crippen LogP contribution < -0.4 is 0 Å². The van der Waals surface area contributed by atoms with Crippen LogP contribution in [0.3, 0.4) is 0 Å². The molecule has 102 valence electrons. The summed E-state index contributed by atoms with van der Waals surface area (Å²) in [6, 6.07) is 13.4. The van der Waals surface area contributed by atoms with Crippen LogP contribution in [0.25, 0.3) is 10.8 Å². The number of amides is 2. The monoisotopic (exact) mass is 267 g/mol. The molecule has 1 saturated heterocycles. The maximum Gasteiger partial charge on any atom is 0.261 e. The summed E-state index contributed by atoms with van der Waals surface area (Å²) in [4.78, 5) is 26.3. The molecule has 0 radical (unpaired) electrons. The second-order valence-corrected chi connectivity index (χ2v) is 5.37. The third-order valence-electron chi connectivity index (χ3n) is 3.97. The van der Waals surface area contributed by atoms with E-state index in [0.29, 0.717) is 12.1 Å². The summed E-state index contributed by atoms with van der Waals surface area (Å²) in [6.45, 7) is 2.43. The number of rotatable bonds is 1. The fourth-order valence-electron chi connectivity index (χ4n) is 2.81. The molecule has 2 amide bonds. The molecule has 3 rings (SSSR count). The summed E-state index contributed by atoms with van der Waals surface area (Å²) in [6.07, 6.45) is 1.77. The number of carbonyl (C=O) groups excluding carboxylic acids is 2. The zero-order valence-corrected chi connectivity index (χ0v) is 11.5. The molecule has 0 saturated carbocycles. The smallest absolute Gasteiger partial charge is 0.261 e. The second-order valence-electron chi connectivity index (χ2n) is 5.37. The molecule has 1 fully saturated rings. The quantitative estimate of drug-likeness (QED) is 0.744. The Balaban J connectivity index is 2.02. The number of hydrogen-bond acceptors (Lipinski definition) is 2. The molecule has 1 heterocycles. The molecular formula is C17H17NO2. The molecule has 1 aliphatic heterocycles. The van der Waals surface area contributed by atoms with Crippen molar-refractivity contribution in [2.24, 2.45) is 5.92 Å². The van der Waals surface area contributed by atoms with Gasteiger partial charge in [-0.25, -0.2) is 0 Å². The highest BCUT2D eigenvalue weighted by molar-refractivity contribution is 6.12. The predicted molar refractivity (Wildman–Crippen MR) is 78.4 cm³/mol. The minimum Gasteiger partial charge on any atom is -0.278 e. The van der Waals surface area contributed by atoms with Gasteiger partial charge in [-0.15, -0.1) is 0 Å². The molecule has 0 N–H and O–H groups in total. The van der Waals surface area contributed by atoms with Crippen LogP contribution in [-0.4, -0.2) is 23.3 Å². The van der Waals surface area contributed by atoms with Gasteiger partial charge in [-0.2, -0.15) is 0 Å². The highest BCUT2D eigenvalue weighted by Gasteiger charge is 2.30. The first-order chi connectivity index (χ1) is 9.68. The molecule has 3 nitrogen and oxygen atoms in total. The lowest BCUT2D eigenvalue weighted by atomic mass is 9.97. The van der Waals surface area contributed by atoms with Crippen molar-refractivity contribution < 1.29 is 9.59 Å². The Labute approximate surface area is 118 Å². The van der Waals surface area contributed by atoms with Crippen LogP contribution in [-0.2, 0) is 4.79 Å². The van der Waals surface area contributed by atoms with E-state index in [1.807, 2.05) is 43.3 Å². The molecule has 3 heteroatoms. The topological polar surface area (TPSA) is 37.4 Å². The van der Waals surface area contributed by atoms with Crippen molar-refractivity contribution in [3.8, 4) is 0 Å². The van der Waals surface area contributed by atoms with Gasteiger partial charge in [0.05, 0.1) is 0 Å². The highest BCUT2D eigenvalue weighted by Crippen LogP contribution is 2.23. The lowest BCUT2D eigenvalue weighted by Crippen LogP contribution is -2.44. The summed E-state index contributed by atoms with van der Waals surface area (Å²) in [5.74, 6) is -0.268. The molecule has 0 aromatic heterocycles. The largest absolute Gasteiger partial charge is 0.278 e. The molecule has 0 aliphatic carbocycles. The number of fused-ring (bicyclic) bond motifs is 1. The molecule has 0 spiro atoms. The zero-order valence-electron chi connectivity index (χ0n) is 11.5. The Kier molecular flexibility index (Phi) is 3.26. The van der Waals surface area contributed by atoms with Gasteiger partial charge in [0.1, 0.15) is 0 Å². The zero-order chi connectivity index (χ0) is 14.1. The first kappa shape index (κ1) is 12.9. The van der Waals surface area contributed by atoms with E-state index in [2.05, 4.69) is 0 Å². The summed E-state index contributed by atoms with van der Waals surface area (Å²) < 4.78 is 0. The molecule has 2 aromatic rings. The van der Waals surface area contributed by atoms with Crippen molar-refractivity contribution in [3.05, 3.63) is 48.0 Å². The molecule has 1 unspecified atom stereocenters. The average Bonchev–Trinajstić information content (AvgIpc) is 2.49.